The summed E-state index contributed by atoms with van der Waals surface area (Å²) in [6.45, 7) is 13.7. The monoisotopic (exact) mass is 527 g/mol. The van der Waals surface area contributed by atoms with Crippen LogP contribution in [0.4, 0.5) is 5.69 Å². The predicted octanol–water partition coefficient (Wildman–Crippen LogP) is 6.40. The molecule has 7 atom stereocenters. The van der Waals surface area contributed by atoms with Gasteiger partial charge in [-0.1, -0.05) is 44.6 Å². The maximum atomic E-state index is 12.1. The zero-order valence-electron chi connectivity index (χ0n) is 24.0. The largest absolute Gasteiger partial charge is 0.498 e. The fourth-order valence-electron chi connectivity index (χ4n) is 7.61. The second-order valence-corrected chi connectivity index (χ2v) is 10.7. The van der Waals surface area contributed by atoms with Gasteiger partial charge >= 0.3 is 0 Å². The third-order valence-electron chi connectivity index (χ3n) is 9.03. The molecule has 7 nitrogen and oxygen atoms in total. The summed E-state index contributed by atoms with van der Waals surface area (Å²) in [5, 5.41) is 36.7. The maximum absolute atomic E-state index is 12.1. The summed E-state index contributed by atoms with van der Waals surface area (Å²) in [6, 6.07) is 3.51. The van der Waals surface area contributed by atoms with Crippen molar-refractivity contribution in [2.75, 3.05) is 14.2 Å². The first-order chi connectivity index (χ1) is 18.2. The Hall–Kier alpha value is -2.48. The van der Waals surface area contributed by atoms with Gasteiger partial charge in [0.15, 0.2) is 5.69 Å². The molecule has 210 valence electrons. The molecule has 0 heterocycles. The third-order valence-corrected chi connectivity index (χ3v) is 9.03. The van der Waals surface area contributed by atoms with Crippen LogP contribution < -0.4 is 4.74 Å². The Kier molecular flexibility index (Phi) is 9.28. The number of fused-ring (bicyclic) bond motifs is 2. The van der Waals surface area contributed by atoms with Crippen molar-refractivity contribution in [3.05, 3.63) is 63.8 Å². The van der Waals surface area contributed by atoms with Crippen LogP contribution in [0, 0.1) is 22.2 Å². The molecule has 0 amide bonds. The second-order valence-electron chi connectivity index (χ2n) is 10.7. The lowest BCUT2D eigenvalue weighted by Crippen LogP contribution is -2.50. The van der Waals surface area contributed by atoms with Crippen molar-refractivity contribution in [3.8, 4) is 5.75 Å². The Morgan fingerprint density at radius 2 is 1.84 bits per heavy atom. The number of allylic oxidation sites excluding steroid dienone is 4. The van der Waals surface area contributed by atoms with E-state index in [2.05, 4.69) is 31.7 Å². The molecule has 2 bridgehead atoms. The van der Waals surface area contributed by atoms with Crippen molar-refractivity contribution in [2.24, 2.45) is 22.4 Å². The fraction of sp³-hybridized carbons (Fsp3) is 0.613. The molecular weight excluding hydrogens is 482 g/mol. The molecule has 2 fully saturated rings. The van der Waals surface area contributed by atoms with Gasteiger partial charge in [0.2, 0.25) is 0 Å². The van der Waals surface area contributed by atoms with Crippen molar-refractivity contribution < 1.29 is 24.8 Å². The number of nitrogens with zero attached hydrogens (tertiary/aromatic N) is 1. The van der Waals surface area contributed by atoms with Gasteiger partial charge in [0.05, 0.1) is 26.4 Å². The van der Waals surface area contributed by atoms with E-state index in [9.17, 15) is 20.2 Å². The van der Waals surface area contributed by atoms with E-state index in [1.54, 1.807) is 6.07 Å². The number of ether oxygens (including phenoxy) is 2. The molecule has 2 spiro atoms. The highest BCUT2D eigenvalue weighted by Gasteiger charge is 2.74. The van der Waals surface area contributed by atoms with Gasteiger partial charge in [-0.3, -0.25) is 0 Å². The van der Waals surface area contributed by atoms with Crippen molar-refractivity contribution in [1.82, 2.24) is 0 Å². The van der Waals surface area contributed by atoms with E-state index in [0.717, 1.165) is 24.8 Å². The minimum atomic E-state index is -1.14. The van der Waals surface area contributed by atoms with Gasteiger partial charge < -0.3 is 24.8 Å². The standard InChI is InChI=1S/C25H31NO6.C4H8.C2H6/c1-5-12(2)8-13-9-25-11-24(10-15(27)21(28)22(32-4)19(24)17(13)25)18-14(23(25)29)6-7-16(31-3)20(18)26-30;1-3-4-2;1-2/h5-7,13,15,17,21,23,27-29H,8-11H2,1-4H3;3H,1,4H2,2H3;1-2H3/b12-5+;;/t13?,15-,17+,21-,23+,24+,25?;;/m0../s1. The van der Waals surface area contributed by atoms with E-state index in [-0.39, 0.29) is 23.9 Å². The van der Waals surface area contributed by atoms with E-state index in [4.69, 9.17) is 9.47 Å². The summed E-state index contributed by atoms with van der Waals surface area (Å²) in [5.74, 6) is 0.991. The van der Waals surface area contributed by atoms with Gasteiger partial charge in [-0.05, 0) is 80.2 Å². The van der Waals surface area contributed by atoms with Crippen molar-refractivity contribution >= 4 is 5.69 Å². The molecule has 0 aliphatic heterocycles. The molecule has 1 aromatic carbocycles. The lowest BCUT2D eigenvalue weighted by Gasteiger charge is -2.55. The number of hydrogen-bond acceptors (Lipinski definition) is 7. The number of methoxy groups -OCH3 is 2. The molecule has 4 aliphatic carbocycles. The summed E-state index contributed by atoms with van der Waals surface area (Å²) in [5.41, 5.74) is 2.51. The lowest BCUT2D eigenvalue weighted by molar-refractivity contribution is -0.111. The molecule has 2 unspecified atom stereocenters. The van der Waals surface area contributed by atoms with E-state index in [0.29, 0.717) is 29.1 Å². The molecule has 5 rings (SSSR count). The summed E-state index contributed by atoms with van der Waals surface area (Å²) in [4.78, 5) is 12.1. The summed E-state index contributed by atoms with van der Waals surface area (Å²) in [6.07, 6.45) is 4.68. The summed E-state index contributed by atoms with van der Waals surface area (Å²) in [7, 11) is 3.00. The summed E-state index contributed by atoms with van der Waals surface area (Å²) >= 11 is 0. The Bertz CT molecular complexity index is 1110. The Labute approximate surface area is 227 Å². The van der Waals surface area contributed by atoms with Gasteiger partial charge in [-0.15, -0.1) is 11.5 Å². The zero-order valence-corrected chi connectivity index (χ0v) is 24.0. The quantitative estimate of drug-likeness (QED) is 0.292. The van der Waals surface area contributed by atoms with Crippen LogP contribution in [0.3, 0.4) is 0 Å². The third kappa shape index (κ3) is 4.23. The van der Waals surface area contributed by atoms with Gasteiger partial charge in [-0.2, -0.15) is 0 Å². The molecule has 2 saturated carbocycles. The number of rotatable bonds is 6. The van der Waals surface area contributed by atoms with Crippen LogP contribution >= 0.6 is 0 Å². The number of benzene rings is 1. The van der Waals surface area contributed by atoms with E-state index < -0.39 is 29.1 Å². The Morgan fingerprint density at radius 1 is 1.18 bits per heavy atom. The first-order valence-corrected chi connectivity index (χ1v) is 13.8. The van der Waals surface area contributed by atoms with Gasteiger partial charge in [-0.25, -0.2) is 0 Å². The van der Waals surface area contributed by atoms with E-state index >= 15 is 0 Å². The van der Waals surface area contributed by atoms with Crippen LogP contribution in [0.25, 0.3) is 0 Å². The SMILES string of the molecule is C/C=C(\C)CC1CC23C[C@]4(C[C@H](O)[C@H](O)C(OC)=C4[C@@H]12)c1c(ccc(OC)c1N=O)[C@H]3O.C=CCC.CC. The van der Waals surface area contributed by atoms with Crippen molar-refractivity contribution in [1.29, 1.82) is 0 Å². The van der Waals surface area contributed by atoms with E-state index in [1.165, 1.54) is 19.8 Å². The number of aliphatic hydroxyl groups excluding tert-OH is 3. The molecule has 4 aliphatic rings. The molecule has 38 heavy (non-hydrogen) atoms. The highest BCUT2D eigenvalue weighted by molar-refractivity contribution is 5.70. The van der Waals surface area contributed by atoms with Gasteiger partial charge in [0.1, 0.15) is 17.6 Å². The fourth-order valence-corrected chi connectivity index (χ4v) is 7.61. The molecule has 3 N–H and O–H groups in total. The van der Waals surface area contributed by atoms with Gasteiger partial charge in [0.25, 0.3) is 0 Å². The van der Waals surface area contributed by atoms with Crippen molar-refractivity contribution in [3.63, 3.8) is 0 Å². The summed E-state index contributed by atoms with van der Waals surface area (Å²) < 4.78 is 11.2. The van der Waals surface area contributed by atoms with Crippen LogP contribution in [0.5, 0.6) is 5.75 Å². The molecular formula is C31H45NO6. The minimum Gasteiger partial charge on any atom is -0.498 e. The predicted molar refractivity (Wildman–Crippen MR) is 150 cm³/mol. The van der Waals surface area contributed by atoms with Crippen molar-refractivity contribution in [2.45, 2.75) is 90.4 Å². The smallest absolute Gasteiger partial charge is 0.154 e. The van der Waals surface area contributed by atoms with E-state index in [1.807, 2.05) is 32.9 Å². The second kappa shape index (κ2) is 11.7. The Balaban J connectivity index is 0.000000612. The number of nitroso groups, excluding NO2 is 1. The maximum Gasteiger partial charge on any atom is 0.154 e. The molecule has 7 heteroatoms. The lowest BCUT2D eigenvalue weighted by atomic mass is 9.49. The number of hydrogen-bond donors (Lipinski definition) is 3. The zero-order chi connectivity index (χ0) is 28.4. The highest BCUT2D eigenvalue weighted by atomic mass is 16.5. The van der Waals surface area contributed by atoms with Crippen LogP contribution in [-0.2, 0) is 10.2 Å². The first kappa shape index (κ1) is 30.1. The minimum absolute atomic E-state index is 0.0117. The van der Waals surface area contributed by atoms with Crippen LogP contribution in [0.15, 0.2) is 52.9 Å². The topological polar surface area (TPSA) is 109 Å². The van der Waals surface area contributed by atoms with Crippen LogP contribution in [0.1, 0.15) is 84.0 Å². The molecule has 1 aromatic rings. The molecule has 0 aromatic heterocycles. The van der Waals surface area contributed by atoms with Crippen LogP contribution in [-0.4, -0.2) is 41.7 Å². The average molecular weight is 528 g/mol. The highest BCUT2D eigenvalue weighted by Crippen LogP contribution is 2.80. The average Bonchev–Trinajstić information content (AvgIpc) is 3.14. The first-order valence-electron chi connectivity index (χ1n) is 13.8. The normalized spacial score (nSPS) is 34.2. The molecule has 0 saturated heterocycles. The molecule has 0 radical (unpaired) electrons. The van der Waals surface area contributed by atoms with Gasteiger partial charge in [0, 0.05) is 16.4 Å². The Morgan fingerprint density at radius 3 is 2.37 bits per heavy atom. The van der Waals surface area contributed by atoms with Crippen LogP contribution in [0.2, 0.25) is 0 Å². The number of aliphatic hydroxyl groups is 3.